The molecule has 0 saturated carbocycles. The number of benzene rings is 1. The first-order valence-electron chi connectivity index (χ1n) is 3.95. The Kier molecular flexibility index (Phi) is 2.76. The van der Waals surface area contributed by atoms with Crippen LogP contribution in [0.2, 0.25) is 5.02 Å². The van der Waals surface area contributed by atoms with E-state index in [4.69, 9.17) is 16.4 Å². The van der Waals surface area contributed by atoms with Gasteiger partial charge < -0.3 is 4.84 Å². The topological polar surface area (TPSA) is 21.6 Å². The van der Waals surface area contributed by atoms with Crippen molar-refractivity contribution in [1.29, 1.82) is 0 Å². The Hall–Kier alpha value is -0.670. The molecule has 4 heteroatoms. The van der Waals surface area contributed by atoms with Crippen LogP contribution in [0, 0.1) is 0 Å². The highest BCUT2D eigenvalue weighted by atomic mass is 35.5. The van der Waals surface area contributed by atoms with E-state index in [0.717, 1.165) is 21.4 Å². The lowest BCUT2D eigenvalue weighted by molar-refractivity contribution is 0.160. The van der Waals surface area contributed by atoms with Gasteiger partial charge in [-0.25, -0.2) is 0 Å². The predicted octanol–water partition coefficient (Wildman–Crippen LogP) is 2.77. The van der Waals surface area contributed by atoms with Gasteiger partial charge in [0.1, 0.15) is 11.7 Å². The first-order valence-corrected chi connectivity index (χ1v) is 5.31. The fourth-order valence-electron chi connectivity index (χ4n) is 1.03. The highest BCUT2D eigenvalue weighted by Crippen LogP contribution is 2.19. The van der Waals surface area contributed by atoms with Crippen molar-refractivity contribution in [3.63, 3.8) is 0 Å². The van der Waals surface area contributed by atoms with Gasteiger partial charge in [-0.2, -0.15) is 0 Å². The Bertz CT molecular complexity index is 323. The van der Waals surface area contributed by atoms with E-state index in [1.165, 1.54) is 0 Å². The van der Waals surface area contributed by atoms with Gasteiger partial charge in [0, 0.05) is 16.3 Å². The van der Waals surface area contributed by atoms with Gasteiger partial charge >= 0.3 is 0 Å². The third kappa shape index (κ3) is 2.17. The van der Waals surface area contributed by atoms with Crippen molar-refractivity contribution in [1.82, 2.24) is 0 Å². The Morgan fingerprint density at radius 2 is 2.08 bits per heavy atom. The number of rotatable bonds is 1. The van der Waals surface area contributed by atoms with Gasteiger partial charge in [0.2, 0.25) is 0 Å². The number of hydrogen-bond acceptors (Lipinski definition) is 3. The molecule has 0 aromatic heterocycles. The van der Waals surface area contributed by atoms with Gasteiger partial charge in [0.05, 0.1) is 0 Å². The third-order valence-electron chi connectivity index (χ3n) is 1.65. The maximum absolute atomic E-state index is 5.77. The molecule has 0 radical (unpaired) electrons. The summed E-state index contributed by atoms with van der Waals surface area (Å²) >= 11 is 7.48. The molecule has 1 aliphatic heterocycles. The van der Waals surface area contributed by atoms with Crippen LogP contribution in [-0.4, -0.2) is 17.4 Å². The molecule has 0 aliphatic carbocycles. The third-order valence-corrected chi connectivity index (χ3v) is 2.86. The second kappa shape index (κ2) is 4.03. The number of thioether (sulfide) groups is 1. The molecule has 13 heavy (non-hydrogen) atoms. The van der Waals surface area contributed by atoms with Gasteiger partial charge in [-0.15, -0.1) is 0 Å². The second-order valence-corrected chi connectivity index (χ2v) is 4.11. The lowest BCUT2D eigenvalue weighted by Gasteiger charge is -2.10. The van der Waals surface area contributed by atoms with E-state index >= 15 is 0 Å². The Labute approximate surface area is 85.9 Å². The van der Waals surface area contributed by atoms with Crippen LogP contribution in [0.15, 0.2) is 29.4 Å². The lowest BCUT2D eigenvalue weighted by atomic mass is 10.2. The minimum absolute atomic E-state index is 0.696. The molecular formula is C9H8ClNOS. The van der Waals surface area contributed by atoms with Crippen molar-refractivity contribution in [2.75, 3.05) is 12.4 Å². The van der Waals surface area contributed by atoms with Crippen LogP contribution in [-0.2, 0) is 4.84 Å². The molecule has 0 amide bonds. The van der Waals surface area contributed by atoms with Crippen LogP contribution >= 0.6 is 23.4 Å². The van der Waals surface area contributed by atoms with E-state index in [2.05, 4.69) is 5.16 Å². The molecule has 1 heterocycles. The maximum Gasteiger partial charge on any atom is 0.143 e. The zero-order valence-corrected chi connectivity index (χ0v) is 8.44. The van der Waals surface area contributed by atoms with Crippen molar-refractivity contribution < 1.29 is 4.84 Å². The Morgan fingerprint density at radius 3 is 2.69 bits per heavy atom. The molecule has 0 bridgehead atoms. The molecule has 0 saturated heterocycles. The minimum Gasteiger partial charge on any atom is -0.394 e. The molecule has 1 aliphatic rings. The Morgan fingerprint density at radius 1 is 1.31 bits per heavy atom. The van der Waals surface area contributed by atoms with Crippen molar-refractivity contribution in [3.8, 4) is 0 Å². The maximum atomic E-state index is 5.77. The minimum atomic E-state index is 0.696. The number of oxime groups is 1. The largest absolute Gasteiger partial charge is 0.394 e. The van der Waals surface area contributed by atoms with E-state index in [1.54, 1.807) is 11.8 Å². The number of nitrogens with zero attached hydrogens (tertiary/aromatic N) is 1. The normalized spacial score (nSPS) is 16.2. The van der Waals surface area contributed by atoms with E-state index in [0.29, 0.717) is 6.61 Å². The van der Waals surface area contributed by atoms with Crippen LogP contribution in [0.3, 0.4) is 0 Å². The summed E-state index contributed by atoms with van der Waals surface area (Å²) in [5, 5.41) is 5.64. The average molecular weight is 214 g/mol. The monoisotopic (exact) mass is 213 g/mol. The van der Waals surface area contributed by atoms with Gasteiger partial charge in [-0.05, 0) is 12.1 Å². The van der Waals surface area contributed by atoms with Crippen LogP contribution in [0.4, 0.5) is 0 Å². The molecule has 0 fully saturated rings. The van der Waals surface area contributed by atoms with Crippen LogP contribution in [0.1, 0.15) is 5.56 Å². The summed E-state index contributed by atoms with van der Waals surface area (Å²) in [7, 11) is 0. The molecule has 0 atom stereocenters. The molecule has 68 valence electrons. The van der Waals surface area contributed by atoms with Gasteiger partial charge in [-0.1, -0.05) is 40.7 Å². The summed E-state index contributed by atoms with van der Waals surface area (Å²) in [6.07, 6.45) is 0. The summed E-state index contributed by atoms with van der Waals surface area (Å²) in [6, 6.07) is 7.61. The zero-order chi connectivity index (χ0) is 9.10. The van der Waals surface area contributed by atoms with Crippen molar-refractivity contribution in [2.24, 2.45) is 5.16 Å². The fourth-order valence-corrected chi connectivity index (χ4v) is 1.92. The quantitative estimate of drug-likeness (QED) is 0.716. The molecular weight excluding hydrogens is 206 g/mol. The van der Waals surface area contributed by atoms with Crippen molar-refractivity contribution in [3.05, 3.63) is 34.9 Å². The van der Waals surface area contributed by atoms with E-state index < -0.39 is 0 Å². The van der Waals surface area contributed by atoms with Gasteiger partial charge in [-0.3, -0.25) is 0 Å². The molecule has 2 nitrogen and oxygen atoms in total. The summed E-state index contributed by atoms with van der Waals surface area (Å²) in [4.78, 5) is 5.00. The zero-order valence-electron chi connectivity index (χ0n) is 6.87. The van der Waals surface area contributed by atoms with E-state index in [9.17, 15) is 0 Å². The number of hydrogen-bond donors (Lipinski definition) is 0. The summed E-state index contributed by atoms with van der Waals surface area (Å²) in [6.45, 7) is 0.696. The van der Waals surface area contributed by atoms with Crippen LogP contribution < -0.4 is 0 Å². The smallest absolute Gasteiger partial charge is 0.143 e. The highest BCUT2D eigenvalue weighted by molar-refractivity contribution is 8.14. The van der Waals surface area contributed by atoms with Gasteiger partial charge in [0.15, 0.2) is 0 Å². The summed E-state index contributed by atoms with van der Waals surface area (Å²) in [5.74, 6) is 0.960. The van der Waals surface area contributed by atoms with Gasteiger partial charge in [0.25, 0.3) is 0 Å². The summed E-state index contributed by atoms with van der Waals surface area (Å²) < 4.78 is 0. The first-order chi connectivity index (χ1) is 6.36. The first kappa shape index (κ1) is 8.91. The van der Waals surface area contributed by atoms with E-state index in [1.807, 2.05) is 24.3 Å². The van der Waals surface area contributed by atoms with Crippen LogP contribution in [0.5, 0.6) is 0 Å². The van der Waals surface area contributed by atoms with Crippen LogP contribution in [0.25, 0.3) is 0 Å². The lowest BCUT2D eigenvalue weighted by Crippen LogP contribution is -2.07. The predicted molar refractivity (Wildman–Crippen MR) is 56.4 cm³/mol. The average Bonchev–Trinajstić information content (AvgIpc) is 2.20. The molecule has 1 aromatic rings. The van der Waals surface area contributed by atoms with E-state index in [-0.39, 0.29) is 0 Å². The Balaban J connectivity index is 2.24. The second-order valence-electron chi connectivity index (χ2n) is 2.59. The fraction of sp³-hybridized carbons (Fsp3) is 0.222. The highest BCUT2D eigenvalue weighted by Gasteiger charge is 2.09. The molecule has 1 aromatic carbocycles. The standard InChI is InChI=1S/C9H8ClNOS/c10-8-3-1-7(2-4-8)9-11-12-5-6-13-9/h1-4H,5-6H2. The SMILES string of the molecule is Clc1ccc(C2=NOCCS2)cc1. The van der Waals surface area contributed by atoms with Crippen molar-refractivity contribution >= 4 is 28.4 Å². The number of halogens is 1. The molecule has 0 spiro atoms. The summed E-state index contributed by atoms with van der Waals surface area (Å²) in [5.41, 5.74) is 1.06. The molecule has 2 rings (SSSR count). The molecule has 0 N–H and O–H groups in total. The molecule has 0 unspecified atom stereocenters. The van der Waals surface area contributed by atoms with Crippen molar-refractivity contribution in [2.45, 2.75) is 0 Å².